The van der Waals surface area contributed by atoms with E-state index in [1.165, 1.54) is 11.8 Å². The van der Waals surface area contributed by atoms with Crippen LogP contribution in [0.5, 0.6) is 0 Å². The molecule has 3 aromatic rings. The maximum absolute atomic E-state index is 12.3. The molecule has 2 heterocycles. The number of amidine groups is 1. The number of aliphatic hydroxyl groups excluding tert-OH is 1. The van der Waals surface area contributed by atoms with E-state index in [4.69, 9.17) is 28.3 Å². The minimum atomic E-state index is -0.241. The number of H-pyrrole nitrogens is 1. The highest BCUT2D eigenvalue weighted by Gasteiger charge is 2.24. The number of fused-ring (bicyclic) bond motifs is 1. The van der Waals surface area contributed by atoms with Crippen LogP contribution in [0.15, 0.2) is 46.3 Å². The van der Waals surface area contributed by atoms with Gasteiger partial charge in [-0.1, -0.05) is 35.3 Å². The van der Waals surface area contributed by atoms with Gasteiger partial charge in [0.2, 0.25) is 0 Å². The van der Waals surface area contributed by atoms with Gasteiger partial charge in [-0.05, 0) is 47.7 Å². The summed E-state index contributed by atoms with van der Waals surface area (Å²) in [7, 11) is 0. The van der Waals surface area contributed by atoms with Crippen molar-refractivity contribution >= 4 is 68.8 Å². The van der Waals surface area contributed by atoms with Gasteiger partial charge in [0.05, 0.1) is 32.6 Å². The number of nitrogens with one attached hydrogen (secondary N) is 2. The second kappa shape index (κ2) is 7.97. The molecule has 0 bridgehead atoms. The van der Waals surface area contributed by atoms with Crippen LogP contribution in [0.25, 0.3) is 17.1 Å². The molecule has 1 amide bonds. The Kier molecular flexibility index (Phi) is 5.41. The highest BCUT2D eigenvalue weighted by Crippen LogP contribution is 2.35. The van der Waals surface area contributed by atoms with E-state index in [-0.39, 0.29) is 12.5 Å². The molecule has 4 rings (SSSR count). The third-order valence-corrected chi connectivity index (χ3v) is 5.52. The van der Waals surface area contributed by atoms with Crippen LogP contribution in [0, 0.1) is 0 Å². The van der Waals surface area contributed by atoms with Gasteiger partial charge >= 0.3 is 0 Å². The van der Waals surface area contributed by atoms with E-state index >= 15 is 0 Å². The maximum Gasteiger partial charge on any atom is 0.264 e. The molecular weight excluding hydrogens is 419 g/mol. The number of halogens is 2. The van der Waals surface area contributed by atoms with Crippen molar-refractivity contribution in [3.8, 4) is 0 Å². The highest BCUT2D eigenvalue weighted by molar-refractivity contribution is 8.18. The summed E-state index contributed by atoms with van der Waals surface area (Å²) in [6.45, 7) is 0.0328. The zero-order valence-corrected chi connectivity index (χ0v) is 16.7. The number of hydrogen-bond acceptors (Lipinski definition) is 5. The van der Waals surface area contributed by atoms with Gasteiger partial charge in [0.15, 0.2) is 5.17 Å². The number of amides is 1. The zero-order chi connectivity index (χ0) is 19.7. The smallest absolute Gasteiger partial charge is 0.264 e. The van der Waals surface area contributed by atoms with Crippen LogP contribution >= 0.6 is 35.0 Å². The molecule has 1 aromatic heterocycles. The number of para-hydroxylation sites is 1. The van der Waals surface area contributed by atoms with E-state index in [1.54, 1.807) is 24.3 Å². The number of thioether (sulfide) groups is 1. The number of rotatable bonds is 4. The van der Waals surface area contributed by atoms with E-state index in [9.17, 15) is 4.79 Å². The molecule has 1 aliphatic heterocycles. The Balaban J connectivity index is 1.61. The van der Waals surface area contributed by atoms with Crippen molar-refractivity contribution in [2.24, 2.45) is 4.99 Å². The number of aromatic amines is 1. The van der Waals surface area contributed by atoms with E-state index in [1.807, 2.05) is 18.2 Å². The summed E-state index contributed by atoms with van der Waals surface area (Å²) in [5.41, 5.74) is 2.91. The van der Waals surface area contributed by atoms with Crippen molar-refractivity contribution in [2.75, 3.05) is 6.61 Å². The first-order chi connectivity index (χ1) is 13.5. The van der Waals surface area contributed by atoms with E-state index < -0.39 is 0 Å². The molecule has 2 aromatic carbocycles. The number of hydrogen-bond donors (Lipinski definition) is 3. The van der Waals surface area contributed by atoms with Gasteiger partial charge in [-0.3, -0.25) is 4.79 Å². The van der Waals surface area contributed by atoms with Crippen LogP contribution in [-0.4, -0.2) is 32.8 Å². The van der Waals surface area contributed by atoms with Gasteiger partial charge < -0.3 is 15.4 Å². The number of benzene rings is 2. The summed E-state index contributed by atoms with van der Waals surface area (Å²) in [6.07, 6.45) is 2.24. The molecule has 0 radical (unpaired) electrons. The van der Waals surface area contributed by atoms with Crippen molar-refractivity contribution in [3.63, 3.8) is 0 Å². The SMILES string of the molecule is O=C1NC(=Nc2c(Cl)cccc2Cl)SC1=Cc1ccc2[nH]c(CCO)nc2c1. The summed E-state index contributed by atoms with van der Waals surface area (Å²) < 4.78 is 0. The van der Waals surface area contributed by atoms with Crippen LogP contribution in [0.3, 0.4) is 0 Å². The molecule has 28 heavy (non-hydrogen) atoms. The number of aliphatic hydroxyl groups is 1. The van der Waals surface area contributed by atoms with E-state index in [2.05, 4.69) is 20.3 Å². The van der Waals surface area contributed by atoms with Crippen LogP contribution in [0.4, 0.5) is 5.69 Å². The first kappa shape index (κ1) is 19.0. The highest BCUT2D eigenvalue weighted by atomic mass is 35.5. The number of aromatic nitrogens is 2. The van der Waals surface area contributed by atoms with E-state index in [0.717, 1.165) is 22.4 Å². The van der Waals surface area contributed by atoms with Crippen LogP contribution in [0.1, 0.15) is 11.4 Å². The quantitative estimate of drug-likeness (QED) is 0.536. The number of nitrogens with zero attached hydrogens (tertiary/aromatic N) is 2. The standard InChI is InChI=1S/C19H14Cl2N4O2S/c20-11-2-1-3-12(21)17(11)24-19-25-18(27)15(28-19)9-10-4-5-13-14(8-10)23-16(22-13)6-7-26/h1-5,8-9,26H,6-7H2,(H,22,23)(H,24,25,27). The maximum atomic E-state index is 12.3. The van der Waals surface area contributed by atoms with Gasteiger partial charge in [-0.15, -0.1) is 0 Å². The van der Waals surface area contributed by atoms with Crippen molar-refractivity contribution in [1.82, 2.24) is 15.3 Å². The average Bonchev–Trinajstić information content (AvgIpc) is 3.21. The lowest BCUT2D eigenvalue weighted by atomic mass is 10.2. The topological polar surface area (TPSA) is 90.4 Å². The fourth-order valence-electron chi connectivity index (χ4n) is 2.72. The fourth-order valence-corrected chi connectivity index (χ4v) is 4.03. The predicted octanol–water partition coefficient (Wildman–Crippen LogP) is 4.30. The summed E-state index contributed by atoms with van der Waals surface area (Å²) >= 11 is 13.5. The Labute approximate surface area is 174 Å². The lowest BCUT2D eigenvalue weighted by Gasteiger charge is -2.01. The van der Waals surface area contributed by atoms with Gasteiger partial charge in [-0.2, -0.15) is 0 Å². The number of aliphatic imine (C=N–C) groups is 1. The van der Waals surface area contributed by atoms with Crippen LogP contribution < -0.4 is 5.32 Å². The first-order valence-corrected chi connectivity index (χ1v) is 9.94. The van der Waals surface area contributed by atoms with Gasteiger partial charge in [-0.25, -0.2) is 9.98 Å². The molecule has 0 saturated carbocycles. The summed E-state index contributed by atoms with van der Waals surface area (Å²) in [4.78, 5) is 24.8. The van der Waals surface area contributed by atoms with Crippen molar-refractivity contribution < 1.29 is 9.90 Å². The number of imidazole rings is 1. The lowest BCUT2D eigenvalue weighted by molar-refractivity contribution is -0.115. The Bertz CT molecular complexity index is 1120. The number of carbonyl (C=O) groups excluding carboxylic acids is 1. The van der Waals surface area contributed by atoms with Gasteiger partial charge in [0.1, 0.15) is 11.5 Å². The summed E-state index contributed by atoms with van der Waals surface area (Å²) in [6, 6.07) is 10.8. The third-order valence-electron chi connectivity index (χ3n) is 4.00. The largest absolute Gasteiger partial charge is 0.396 e. The summed E-state index contributed by atoms with van der Waals surface area (Å²) in [5.74, 6) is 0.483. The second-order valence-electron chi connectivity index (χ2n) is 5.99. The fraction of sp³-hybridized carbons (Fsp3) is 0.105. The second-order valence-corrected chi connectivity index (χ2v) is 7.83. The molecule has 3 N–H and O–H groups in total. The molecule has 6 nitrogen and oxygen atoms in total. The van der Waals surface area contributed by atoms with E-state index in [0.29, 0.717) is 32.2 Å². The van der Waals surface area contributed by atoms with Crippen LogP contribution in [-0.2, 0) is 11.2 Å². The molecule has 1 fully saturated rings. The van der Waals surface area contributed by atoms with Gasteiger partial charge in [0, 0.05) is 6.42 Å². The van der Waals surface area contributed by atoms with Crippen molar-refractivity contribution in [1.29, 1.82) is 0 Å². The normalized spacial score (nSPS) is 17.0. The Morgan fingerprint density at radius 2 is 2.00 bits per heavy atom. The first-order valence-electron chi connectivity index (χ1n) is 8.36. The average molecular weight is 433 g/mol. The minimum Gasteiger partial charge on any atom is -0.396 e. The molecule has 1 aliphatic rings. The molecule has 0 atom stereocenters. The Morgan fingerprint density at radius 1 is 1.21 bits per heavy atom. The molecule has 1 saturated heterocycles. The van der Waals surface area contributed by atoms with Crippen molar-refractivity contribution in [3.05, 3.63) is 62.7 Å². The zero-order valence-electron chi connectivity index (χ0n) is 14.4. The van der Waals surface area contributed by atoms with Crippen LogP contribution in [0.2, 0.25) is 10.0 Å². The molecule has 0 unspecified atom stereocenters. The molecule has 0 spiro atoms. The Morgan fingerprint density at radius 3 is 2.75 bits per heavy atom. The minimum absolute atomic E-state index is 0.0328. The molecule has 142 valence electrons. The molecular formula is C19H14Cl2N4O2S. The lowest BCUT2D eigenvalue weighted by Crippen LogP contribution is -2.19. The summed E-state index contributed by atoms with van der Waals surface area (Å²) in [5, 5.41) is 13.0. The molecule has 9 heteroatoms. The third kappa shape index (κ3) is 3.93. The van der Waals surface area contributed by atoms with Gasteiger partial charge in [0.25, 0.3) is 5.91 Å². The predicted molar refractivity (Wildman–Crippen MR) is 114 cm³/mol. The Hall–Kier alpha value is -2.32. The number of carbonyl (C=O) groups is 1. The molecule has 0 aliphatic carbocycles. The monoisotopic (exact) mass is 432 g/mol. The van der Waals surface area contributed by atoms with Crippen molar-refractivity contribution in [2.45, 2.75) is 6.42 Å².